The van der Waals surface area contributed by atoms with E-state index in [0.717, 1.165) is 42.9 Å². The fraction of sp³-hybridized carbons (Fsp3) is 0.455. The number of rotatable bonds is 8. The average molecular weight is 413 g/mol. The molecule has 0 aliphatic carbocycles. The number of hydrogen-bond donors (Lipinski definition) is 1. The number of piperidine rings is 1. The van der Waals surface area contributed by atoms with Crippen molar-refractivity contribution < 1.29 is 9.52 Å². The predicted molar refractivity (Wildman–Crippen MR) is 115 cm³/mol. The summed E-state index contributed by atoms with van der Waals surface area (Å²) < 4.78 is 5.80. The lowest BCUT2D eigenvalue weighted by molar-refractivity contribution is 0.0818. The van der Waals surface area contributed by atoms with E-state index in [4.69, 9.17) is 4.42 Å². The number of aliphatic hydroxyl groups excluding tert-OH is 1. The summed E-state index contributed by atoms with van der Waals surface area (Å²) in [6.45, 7) is 4.47. The van der Waals surface area contributed by atoms with Gasteiger partial charge < -0.3 is 14.4 Å². The summed E-state index contributed by atoms with van der Waals surface area (Å²) in [4.78, 5) is 5.65. The second kappa shape index (κ2) is 9.63. The number of likely N-dealkylation sites (tertiary alicyclic amines) is 1. The van der Waals surface area contributed by atoms with Gasteiger partial charge in [0.1, 0.15) is 0 Å². The van der Waals surface area contributed by atoms with Crippen molar-refractivity contribution in [3.05, 3.63) is 59.3 Å². The molecule has 3 aromatic rings. The van der Waals surface area contributed by atoms with E-state index in [-0.39, 0.29) is 0 Å². The zero-order valence-corrected chi connectivity index (χ0v) is 17.6. The summed E-state index contributed by atoms with van der Waals surface area (Å²) in [5.74, 6) is 1.93. The molecule has 1 unspecified atom stereocenters. The van der Waals surface area contributed by atoms with Crippen LogP contribution >= 0.6 is 11.3 Å². The Morgan fingerprint density at radius 3 is 2.69 bits per heavy atom. The van der Waals surface area contributed by atoms with Gasteiger partial charge in [0, 0.05) is 13.1 Å². The maximum Gasteiger partial charge on any atom is 0.257 e. The quantitative estimate of drug-likeness (QED) is 0.609. The Hall–Kier alpha value is -2.06. The molecule has 2 aromatic heterocycles. The number of aromatic nitrogens is 2. The number of nitrogens with zero attached hydrogens (tertiary/aromatic N) is 4. The first-order valence-corrected chi connectivity index (χ1v) is 11.1. The van der Waals surface area contributed by atoms with E-state index in [2.05, 4.69) is 27.0 Å². The molecule has 1 saturated heterocycles. The van der Waals surface area contributed by atoms with Crippen LogP contribution < -0.4 is 0 Å². The molecule has 7 heteroatoms. The fourth-order valence-corrected chi connectivity index (χ4v) is 4.57. The summed E-state index contributed by atoms with van der Waals surface area (Å²) in [7, 11) is 2.11. The summed E-state index contributed by atoms with van der Waals surface area (Å²) >= 11 is 1.61. The Balaban J connectivity index is 1.20. The third-order valence-electron chi connectivity index (χ3n) is 5.50. The molecule has 29 heavy (non-hydrogen) atoms. The van der Waals surface area contributed by atoms with Crippen molar-refractivity contribution in [2.75, 3.05) is 33.2 Å². The van der Waals surface area contributed by atoms with Gasteiger partial charge >= 0.3 is 0 Å². The molecule has 0 radical (unpaired) electrons. The van der Waals surface area contributed by atoms with Crippen molar-refractivity contribution in [1.82, 2.24) is 20.0 Å². The van der Waals surface area contributed by atoms with Gasteiger partial charge in [-0.1, -0.05) is 36.4 Å². The van der Waals surface area contributed by atoms with Crippen LogP contribution in [-0.4, -0.2) is 58.3 Å². The fourth-order valence-electron chi connectivity index (χ4n) is 3.93. The van der Waals surface area contributed by atoms with E-state index < -0.39 is 6.10 Å². The standard InChI is InChI=1S/C22H28N4O2S/c1-25(16-21-23-24-22(28-21)20-8-5-13-29-20)14-17-9-11-26(12-10-17)15-19(27)18-6-3-2-4-7-18/h2-8,13,17,19,27H,9-12,14-16H2,1H3. The molecule has 1 atom stereocenters. The van der Waals surface area contributed by atoms with Gasteiger partial charge in [0.25, 0.3) is 5.89 Å². The molecule has 1 aliphatic rings. The van der Waals surface area contributed by atoms with Crippen LogP contribution in [0, 0.1) is 5.92 Å². The monoisotopic (exact) mass is 412 g/mol. The first kappa shape index (κ1) is 20.2. The van der Waals surface area contributed by atoms with Crippen molar-refractivity contribution in [1.29, 1.82) is 0 Å². The highest BCUT2D eigenvalue weighted by atomic mass is 32.1. The van der Waals surface area contributed by atoms with Crippen LogP contribution in [0.5, 0.6) is 0 Å². The molecule has 0 saturated carbocycles. The summed E-state index contributed by atoms with van der Waals surface area (Å²) in [6.07, 6.45) is 1.89. The van der Waals surface area contributed by atoms with Gasteiger partial charge in [0.2, 0.25) is 5.89 Å². The third kappa shape index (κ3) is 5.51. The highest BCUT2D eigenvalue weighted by Crippen LogP contribution is 2.24. The van der Waals surface area contributed by atoms with Crippen LogP contribution in [0.15, 0.2) is 52.3 Å². The van der Waals surface area contributed by atoms with Gasteiger partial charge in [-0.05, 0) is 55.9 Å². The van der Waals surface area contributed by atoms with Crippen LogP contribution in [0.2, 0.25) is 0 Å². The second-order valence-electron chi connectivity index (χ2n) is 7.85. The highest BCUT2D eigenvalue weighted by Gasteiger charge is 2.23. The Kier molecular flexibility index (Phi) is 6.71. The van der Waals surface area contributed by atoms with Crippen LogP contribution in [0.3, 0.4) is 0 Å². The number of benzene rings is 1. The summed E-state index contributed by atoms with van der Waals surface area (Å²) in [5, 5.41) is 20.8. The molecule has 1 aromatic carbocycles. The Bertz CT molecular complexity index is 860. The minimum absolute atomic E-state index is 0.412. The smallest absolute Gasteiger partial charge is 0.257 e. The van der Waals surface area contributed by atoms with Crippen LogP contribution in [0.4, 0.5) is 0 Å². The molecule has 154 valence electrons. The van der Waals surface area contributed by atoms with Gasteiger partial charge in [0.05, 0.1) is 17.5 Å². The molecule has 0 spiro atoms. The van der Waals surface area contributed by atoms with E-state index in [0.29, 0.717) is 30.8 Å². The van der Waals surface area contributed by atoms with E-state index in [1.165, 1.54) is 0 Å². The highest BCUT2D eigenvalue weighted by molar-refractivity contribution is 7.13. The first-order chi connectivity index (χ1) is 14.2. The zero-order chi connectivity index (χ0) is 20.1. The molecule has 0 bridgehead atoms. The van der Waals surface area contributed by atoms with Crippen LogP contribution in [-0.2, 0) is 6.54 Å². The molecule has 3 heterocycles. The minimum Gasteiger partial charge on any atom is -0.419 e. The van der Waals surface area contributed by atoms with Gasteiger partial charge in [0.15, 0.2) is 0 Å². The lowest BCUT2D eigenvalue weighted by Crippen LogP contribution is -2.39. The van der Waals surface area contributed by atoms with E-state index in [1.807, 2.05) is 47.8 Å². The molecule has 1 fully saturated rings. The van der Waals surface area contributed by atoms with Gasteiger partial charge in [-0.2, -0.15) is 0 Å². The third-order valence-corrected chi connectivity index (χ3v) is 6.35. The van der Waals surface area contributed by atoms with Crippen molar-refractivity contribution >= 4 is 11.3 Å². The number of thiophene rings is 1. The molecule has 6 nitrogen and oxygen atoms in total. The molecular weight excluding hydrogens is 384 g/mol. The molecule has 1 aliphatic heterocycles. The van der Waals surface area contributed by atoms with E-state index >= 15 is 0 Å². The number of aliphatic hydroxyl groups is 1. The summed E-state index contributed by atoms with van der Waals surface area (Å²) in [6, 6.07) is 13.9. The van der Waals surface area contributed by atoms with Crippen molar-refractivity contribution in [3.63, 3.8) is 0 Å². The van der Waals surface area contributed by atoms with E-state index in [1.54, 1.807) is 11.3 Å². The minimum atomic E-state index is -0.412. The van der Waals surface area contributed by atoms with Gasteiger partial charge in [-0.15, -0.1) is 21.5 Å². The van der Waals surface area contributed by atoms with Crippen LogP contribution in [0.25, 0.3) is 10.8 Å². The molecule has 0 amide bonds. The second-order valence-corrected chi connectivity index (χ2v) is 8.79. The number of hydrogen-bond acceptors (Lipinski definition) is 7. The largest absolute Gasteiger partial charge is 0.419 e. The number of β-amino-alcohol motifs (C(OH)–C–C–N with tert-alkyl or cyclic N) is 1. The molecule has 4 rings (SSSR count). The van der Waals surface area contributed by atoms with Crippen LogP contribution in [0.1, 0.15) is 30.4 Å². The Morgan fingerprint density at radius 2 is 1.97 bits per heavy atom. The zero-order valence-electron chi connectivity index (χ0n) is 16.8. The maximum atomic E-state index is 10.4. The lowest BCUT2D eigenvalue weighted by atomic mass is 9.95. The maximum absolute atomic E-state index is 10.4. The van der Waals surface area contributed by atoms with Crippen molar-refractivity contribution in [3.8, 4) is 10.8 Å². The SMILES string of the molecule is CN(Cc1nnc(-c2cccs2)o1)CC1CCN(CC(O)c2ccccc2)CC1. The Morgan fingerprint density at radius 1 is 1.17 bits per heavy atom. The topological polar surface area (TPSA) is 65.6 Å². The van der Waals surface area contributed by atoms with Crippen molar-refractivity contribution in [2.24, 2.45) is 5.92 Å². The van der Waals surface area contributed by atoms with Gasteiger partial charge in [-0.25, -0.2) is 0 Å². The average Bonchev–Trinajstić information content (AvgIpc) is 3.42. The Labute approximate surface area is 175 Å². The molecule has 1 N–H and O–H groups in total. The molecular formula is C22H28N4O2S. The van der Waals surface area contributed by atoms with Gasteiger partial charge in [-0.3, -0.25) is 4.90 Å². The normalized spacial score (nSPS) is 17.1. The van der Waals surface area contributed by atoms with Crippen molar-refractivity contribution in [2.45, 2.75) is 25.5 Å². The van der Waals surface area contributed by atoms with E-state index in [9.17, 15) is 5.11 Å². The lowest BCUT2D eigenvalue weighted by Gasteiger charge is -2.34. The summed E-state index contributed by atoms with van der Waals surface area (Å²) in [5.41, 5.74) is 0.996. The first-order valence-electron chi connectivity index (χ1n) is 10.2. The predicted octanol–water partition coefficient (Wildman–Crippen LogP) is 3.68.